The third-order valence-corrected chi connectivity index (χ3v) is 4.32. The van der Waals surface area contributed by atoms with Crippen LogP contribution in [0, 0.1) is 0 Å². The van der Waals surface area contributed by atoms with Gasteiger partial charge in [0.2, 0.25) is 0 Å². The first-order chi connectivity index (χ1) is 12.5. The van der Waals surface area contributed by atoms with Gasteiger partial charge in [0.05, 0.1) is 23.1 Å². The minimum Gasteiger partial charge on any atom is -0.391 e. The number of pyridine rings is 2. The van der Waals surface area contributed by atoms with Gasteiger partial charge in [0.15, 0.2) is 5.65 Å². The van der Waals surface area contributed by atoms with Crippen molar-refractivity contribution in [1.29, 1.82) is 0 Å². The van der Waals surface area contributed by atoms with Crippen LogP contribution < -0.4 is 11.3 Å². The number of H-pyrrole nitrogens is 1. The number of nitrogens with two attached hydrogens (primary N) is 1. The van der Waals surface area contributed by atoms with E-state index in [-0.39, 0.29) is 11.7 Å². The van der Waals surface area contributed by atoms with Crippen molar-refractivity contribution >= 4 is 28.5 Å². The number of aliphatic hydroxyl groups is 1. The number of ether oxygens (including phenoxy) is 1. The number of hydrogen-bond donors (Lipinski definition) is 3. The summed E-state index contributed by atoms with van der Waals surface area (Å²) in [6, 6.07) is 3.39. The lowest BCUT2D eigenvalue weighted by atomic mass is 10.1. The lowest BCUT2D eigenvalue weighted by molar-refractivity contribution is -0.00535. The fourth-order valence-electron chi connectivity index (χ4n) is 2.65. The summed E-state index contributed by atoms with van der Waals surface area (Å²) in [4.78, 5) is 20.0. The standard InChI is InChI=1S/C12H10ClN5O.C5H10O2/c1-18-12(19)8-2-6(4-16-11(8)17-18)7-3-10(14)15-5-9(7)13;6-5-2-1-3-7-4-5/h2-5H,1H3,(H2,14,15)(H,16,17);5-6H,1-4H2. The number of nitrogens with zero attached hydrogens (tertiary/aromatic N) is 3. The minimum absolute atomic E-state index is 0.137. The Balaban J connectivity index is 0.000000236. The summed E-state index contributed by atoms with van der Waals surface area (Å²) in [5.74, 6) is 0.362. The van der Waals surface area contributed by atoms with Gasteiger partial charge in [-0.1, -0.05) is 11.6 Å². The smallest absolute Gasteiger partial charge is 0.275 e. The van der Waals surface area contributed by atoms with Gasteiger partial charge in [-0.3, -0.25) is 14.6 Å². The quantitative estimate of drug-likeness (QED) is 0.594. The van der Waals surface area contributed by atoms with Crippen molar-refractivity contribution in [1.82, 2.24) is 19.7 Å². The molecule has 3 aromatic heterocycles. The van der Waals surface area contributed by atoms with Gasteiger partial charge in [-0.2, -0.15) is 0 Å². The maximum Gasteiger partial charge on any atom is 0.275 e. The molecule has 0 amide bonds. The average Bonchev–Trinajstić information content (AvgIpc) is 2.92. The summed E-state index contributed by atoms with van der Waals surface area (Å²) in [6.07, 6.45) is 4.86. The molecule has 0 radical (unpaired) electrons. The molecule has 26 heavy (non-hydrogen) atoms. The molecular weight excluding hydrogens is 358 g/mol. The number of fused-ring (bicyclic) bond motifs is 1. The maximum absolute atomic E-state index is 11.9. The number of nitrogens with one attached hydrogen (secondary N) is 1. The first-order valence-corrected chi connectivity index (χ1v) is 8.55. The number of anilines is 1. The molecule has 0 aliphatic carbocycles. The molecule has 3 aromatic rings. The zero-order valence-corrected chi connectivity index (χ0v) is 15.0. The van der Waals surface area contributed by atoms with Crippen molar-refractivity contribution < 1.29 is 9.84 Å². The Morgan fingerprint density at radius 2 is 2.19 bits per heavy atom. The summed E-state index contributed by atoms with van der Waals surface area (Å²) in [6.45, 7) is 1.37. The Bertz CT molecular complexity index is 963. The lowest BCUT2D eigenvalue weighted by Gasteiger charge is -2.15. The molecule has 0 bridgehead atoms. The highest BCUT2D eigenvalue weighted by Gasteiger charge is 2.10. The summed E-state index contributed by atoms with van der Waals surface area (Å²) >= 11 is 6.09. The second-order valence-corrected chi connectivity index (χ2v) is 6.46. The monoisotopic (exact) mass is 377 g/mol. The van der Waals surface area contributed by atoms with Crippen LogP contribution in [0.4, 0.5) is 5.82 Å². The van der Waals surface area contributed by atoms with E-state index in [9.17, 15) is 4.79 Å². The molecular formula is C17H20ClN5O3. The summed E-state index contributed by atoms with van der Waals surface area (Å²) in [5, 5.41) is 12.6. The molecule has 1 unspecified atom stereocenters. The molecule has 1 saturated heterocycles. The van der Waals surface area contributed by atoms with Gasteiger partial charge in [0.1, 0.15) is 5.82 Å². The number of aromatic nitrogens is 4. The molecule has 0 spiro atoms. The van der Waals surface area contributed by atoms with Crippen molar-refractivity contribution in [3.8, 4) is 11.1 Å². The van der Waals surface area contributed by atoms with Crippen LogP contribution in [0.2, 0.25) is 5.02 Å². The van der Waals surface area contributed by atoms with E-state index in [2.05, 4.69) is 15.1 Å². The van der Waals surface area contributed by atoms with Crippen molar-refractivity contribution in [2.45, 2.75) is 18.9 Å². The molecule has 4 heterocycles. The molecule has 1 aliphatic heterocycles. The molecule has 1 atom stereocenters. The highest BCUT2D eigenvalue weighted by molar-refractivity contribution is 6.33. The van der Waals surface area contributed by atoms with E-state index in [0.29, 0.717) is 34.0 Å². The fourth-order valence-corrected chi connectivity index (χ4v) is 2.87. The molecule has 0 aromatic carbocycles. The molecule has 1 fully saturated rings. The summed E-state index contributed by atoms with van der Waals surface area (Å²) < 4.78 is 6.31. The molecule has 138 valence electrons. The highest BCUT2D eigenvalue weighted by Crippen LogP contribution is 2.28. The van der Waals surface area contributed by atoms with E-state index >= 15 is 0 Å². The van der Waals surface area contributed by atoms with Crippen LogP contribution in [0.25, 0.3) is 22.2 Å². The average molecular weight is 378 g/mol. The second kappa shape index (κ2) is 7.86. The van der Waals surface area contributed by atoms with Gasteiger partial charge in [0.25, 0.3) is 5.56 Å². The van der Waals surface area contributed by atoms with Crippen LogP contribution in [-0.2, 0) is 11.8 Å². The van der Waals surface area contributed by atoms with Gasteiger partial charge in [-0.25, -0.2) is 9.97 Å². The summed E-state index contributed by atoms with van der Waals surface area (Å²) in [7, 11) is 1.64. The van der Waals surface area contributed by atoms with Crippen LogP contribution in [0.3, 0.4) is 0 Å². The first-order valence-electron chi connectivity index (χ1n) is 8.17. The minimum atomic E-state index is -0.186. The van der Waals surface area contributed by atoms with Crippen LogP contribution in [0.1, 0.15) is 12.8 Å². The fraction of sp³-hybridized carbons (Fsp3) is 0.353. The van der Waals surface area contributed by atoms with Gasteiger partial charge >= 0.3 is 0 Å². The zero-order chi connectivity index (χ0) is 18.7. The first kappa shape index (κ1) is 18.4. The topological polar surface area (TPSA) is 119 Å². The normalized spacial score (nSPS) is 17.0. The number of nitrogen functional groups attached to an aromatic ring is 1. The molecule has 9 heteroatoms. The SMILES string of the molecule is Cn1[nH]c2ncc(-c3cc(N)ncc3Cl)cc2c1=O.OC1CCCOC1. The van der Waals surface area contributed by atoms with Crippen LogP contribution in [-0.4, -0.2) is 44.2 Å². The number of aryl methyl sites for hydroxylation is 1. The van der Waals surface area contributed by atoms with Gasteiger partial charge < -0.3 is 15.6 Å². The number of halogens is 1. The van der Waals surface area contributed by atoms with E-state index < -0.39 is 0 Å². The number of aromatic amines is 1. The number of rotatable bonds is 1. The third-order valence-electron chi connectivity index (χ3n) is 4.02. The highest BCUT2D eigenvalue weighted by atomic mass is 35.5. The van der Waals surface area contributed by atoms with Crippen molar-refractivity contribution in [3.05, 3.63) is 39.9 Å². The van der Waals surface area contributed by atoms with Crippen molar-refractivity contribution in [3.63, 3.8) is 0 Å². The lowest BCUT2D eigenvalue weighted by Crippen LogP contribution is -2.21. The Hall–Kier alpha value is -2.42. The van der Waals surface area contributed by atoms with Crippen molar-refractivity contribution in [2.75, 3.05) is 18.9 Å². The third kappa shape index (κ3) is 4.04. The predicted octanol–water partition coefficient (Wildman–Crippen LogP) is 1.72. The van der Waals surface area contributed by atoms with E-state index in [4.69, 9.17) is 27.2 Å². The Kier molecular flexibility index (Phi) is 5.55. The Labute approximate surface area is 154 Å². The maximum atomic E-state index is 11.9. The Morgan fingerprint density at radius 1 is 1.38 bits per heavy atom. The molecule has 4 rings (SSSR count). The van der Waals surface area contributed by atoms with Crippen LogP contribution >= 0.6 is 11.6 Å². The van der Waals surface area contributed by atoms with E-state index in [1.54, 1.807) is 25.4 Å². The van der Waals surface area contributed by atoms with E-state index in [0.717, 1.165) is 25.0 Å². The van der Waals surface area contributed by atoms with Gasteiger partial charge in [-0.05, 0) is 25.0 Å². The molecule has 4 N–H and O–H groups in total. The Morgan fingerprint density at radius 3 is 2.85 bits per heavy atom. The summed E-state index contributed by atoms with van der Waals surface area (Å²) in [5.41, 5.74) is 7.48. The van der Waals surface area contributed by atoms with Crippen LogP contribution in [0.5, 0.6) is 0 Å². The largest absolute Gasteiger partial charge is 0.391 e. The number of hydrogen-bond acceptors (Lipinski definition) is 6. The second-order valence-electron chi connectivity index (χ2n) is 6.06. The predicted molar refractivity (Wildman–Crippen MR) is 100 cm³/mol. The zero-order valence-electron chi connectivity index (χ0n) is 14.3. The molecule has 0 saturated carbocycles. The van der Waals surface area contributed by atoms with Crippen molar-refractivity contribution in [2.24, 2.45) is 7.05 Å². The number of aliphatic hydroxyl groups excluding tert-OH is 1. The van der Waals surface area contributed by atoms with Gasteiger partial charge in [-0.15, -0.1) is 0 Å². The molecule has 1 aliphatic rings. The van der Waals surface area contributed by atoms with E-state index in [1.807, 2.05) is 0 Å². The van der Waals surface area contributed by atoms with Gasteiger partial charge in [0, 0.05) is 37.2 Å². The van der Waals surface area contributed by atoms with Crippen LogP contribution in [0.15, 0.2) is 29.3 Å². The van der Waals surface area contributed by atoms with E-state index in [1.165, 1.54) is 10.9 Å². The molecule has 8 nitrogen and oxygen atoms in total.